The molecule has 5 heteroatoms. The van der Waals surface area contributed by atoms with Gasteiger partial charge in [-0.25, -0.2) is 0 Å². The van der Waals surface area contributed by atoms with Crippen molar-refractivity contribution >= 4 is 11.8 Å². The van der Waals surface area contributed by atoms with Crippen molar-refractivity contribution in [1.82, 2.24) is 9.80 Å². The van der Waals surface area contributed by atoms with Crippen LogP contribution in [0.4, 0.5) is 0 Å². The molecule has 0 radical (unpaired) electrons. The van der Waals surface area contributed by atoms with Crippen LogP contribution >= 0.6 is 0 Å². The molecule has 24 heavy (non-hydrogen) atoms. The van der Waals surface area contributed by atoms with Crippen LogP contribution in [-0.4, -0.2) is 61.5 Å². The molecule has 1 atom stereocenters. The highest BCUT2D eigenvalue weighted by molar-refractivity contribution is 5.85. The topological polar surface area (TPSA) is 49.9 Å². The van der Waals surface area contributed by atoms with E-state index in [1.54, 1.807) is 7.11 Å². The molecule has 0 spiro atoms. The maximum absolute atomic E-state index is 13.3. The fourth-order valence-corrected chi connectivity index (χ4v) is 4.81. The Labute approximate surface area is 145 Å². The minimum absolute atomic E-state index is 0.0154. The van der Waals surface area contributed by atoms with Crippen molar-refractivity contribution < 1.29 is 14.3 Å². The third kappa shape index (κ3) is 3.61. The van der Waals surface area contributed by atoms with Crippen molar-refractivity contribution in [3.8, 4) is 0 Å². The summed E-state index contributed by atoms with van der Waals surface area (Å²) in [7, 11) is 1.71. The van der Waals surface area contributed by atoms with E-state index in [4.69, 9.17) is 4.74 Å². The number of hydrogen-bond donors (Lipinski definition) is 0. The van der Waals surface area contributed by atoms with Crippen LogP contribution < -0.4 is 0 Å². The van der Waals surface area contributed by atoms with Crippen molar-refractivity contribution in [2.45, 2.75) is 57.8 Å². The van der Waals surface area contributed by atoms with Crippen LogP contribution in [0.15, 0.2) is 0 Å². The zero-order valence-corrected chi connectivity index (χ0v) is 15.1. The molecule has 1 saturated carbocycles. The fourth-order valence-electron chi connectivity index (χ4n) is 4.81. The monoisotopic (exact) mass is 336 g/mol. The van der Waals surface area contributed by atoms with Gasteiger partial charge < -0.3 is 14.5 Å². The Morgan fingerprint density at radius 3 is 2.33 bits per heavy atom. The van der Waals surface area contributed by atoms with Crippen molar-refractivity contribution in [2.75, 3.05) is 39.9 Å². The number of ether oxygens (including phenoxy) is 1. The molecule has 2 saturated heterocycles. The van der Waals surface area contributed by atoms with Gasteiger partial charge in [0, 0.05) is 39.9 Å². The maximum atomic E-state index is 13.3. The van der Waals surface area contributed by atoms with E-state index in [1.807, 2.05) is 9.80 Å². The van der Waals surface area contributed by atoms with E-state index in [9.17, 15) is 9.59 Å². The minimum Gasteiger partial charge on any atom is -0.385 e. The van der Waals surface area contributed by atoms with Gasteiger partial charge >= 0.3 is 0 Å². The number of carbonyl (C=O) groups excluding carboxylic acids is 2. The van der Waals surface area contributed by atoms with Crippen LogP contribution in [0.1, 0.15) is 57.8 Å². The highest BCUT2D eigenvalue weighted by Gasteiger charge is 2.44. The van der Waals surface area contributed by atoms with Gasteiger partial charge in [-0.05, 0) is 44.9 Å². The summed E-state index contributed by atoms with van der Waals surface area (Å²) in [5.41, 5.74) is -0.228. The summed E-state index contributed by atoms with van der Waals surface area (Å²) in [6, 6.07) is 0. The van der Waals surface area contributed by atoms with E-state index in [2.05, 4.69) is 0 Å². The molecular weight excluding hydrogens is 304 g/mol. The molecule has 5 nitrogen and oxygen atoms in total. The molecule has 0 bridgehead atoms. The molecule has 136 valence electrons. The molecule has 0 aromatic rings. The molecule has 0 aromatic heterocycles. The highest BCUT2D eigenvalue weighted by Crippen LogP contribution is 2.43. The van der Waals surface area contributed by atoms with Crippen LogP contribution in [0.3, 0.4) is 0 Å². The molecule has 0 N–H and O–H groups in total. The first-order valence-electron chi connectivity index (χ1n) is 9.73. The summed E-state index contributed by atoms with van der Waals surface area (Å²) < 4.78 is 5.26. The summed E-state index contributed by atoms with van der Waals surface area (Å²) in [5, 5.41) is 0. The second-order valence-electron chi connectivity index (χ2n) is 7.85. The molecule has 2 aliphatic heterocycles. The van der Waals surface area contributed by atoms with Crippen LogP contribution in [0, 0.1) is 11.3 Å². The smallest absolute Gasteiger partial charge is 0.228 e. The van der Waals surface area contributed by atoms with E-state index in [-0.39, 0.29) is 23.1 Å². The first-order valence-corrected chi connectivity index (χ1v) is 9.73. The first-order chi connectivity index (χ1) is 11.7. The molecule has 2 heterocycles. The van der Waals surface area contributed by atoms with E-state index < -0.39 is 0 Å². The summed E-state index contributed by atoms with van der Waals surface area (Å²) in [6.07, 6.45) is 9.21. The molecule has 3 aliphatic rings. The van der Waals surface area contributed by atoms with Crippen molar-refractivity contribution in [3.63, 3.8) is 0 Å². The summed E-state index contributed by atoms with van der Waals surface area (Å²) in [6.45, 7) is 3.90. The van der Waals surface area contributed by atoms with E-state index >= 15 is 0 Å². The Hall–Kier alpha value is -1.10. The largest absolute Gasteiger partial charge is 0.385 e. The highest BCUT2D eigenvalue weighted by atomic mass is 16.5. The molecular formula is C19H32N2O3. The molecule has 0 unspecified atom stereocenters. The van der Waals surface area contributed by atoms with Crippen LogP contribution in [-0.2, 0) is 14.3 Å². The van der Waals surface area contributed by atoms with E-state index in [1.165, 1.54) is 0 Å². The second-order valence-corrected chi connectivity index (χ2v) is 7.85. The Balaban J connectivity index is 1.64. The van der Waals surface area contributed by atoms with E-state index in [0.29, 0.717) is 13.2 Å². The number of nitrogens with zero attached hydrogens (tertiary/aromatic N) is 2. The first kappa shape index (κ1) is 17.7. The van der Waals surface area contributed by atoms with Crippen LogP contribution in [0.5, 0.6) is 0 Å². The fraction of sp³-hybridized carbons (Fsp3) is 0.895. The number of carbonyl (C=O) groups is 2. The standard InChI is InChI=1S/C19H32N2O3/c1-24-14-10-19(8-2-3-9-19)18(23)21-13-6-7-16(15-21)17(22)20-11-4-5-12-20/h16H,2-15H2,1H3/t16-/m1/s1. The predicted octanol–water partition coefficient (Wildman–Crippen LogP) is 2.44. The van der Waals surface area contributed by atoms with Crippen LogP contribution in [0.25, 0.3) is 0 Å². The van der Waals surface area contributed by atoms with Crippen LogP contribution in [0.2, 0.25) is 0 Å². The minimum atomic E-state index is -0.228. The number of hydrogen-bond acceptors (Lipinski definition) is 3. The van der Waals surface area contributed by atoms with Gasteiger partial charge in [0.05, 0.1) is 11.3 Å². The molecule has 1 aliphatic carbocycles. The Morgan fingerprint density at radius 2 is 1.67 bits per heavy atom. The zero-order valence-electron chi connectivity index (χ0n) is 15.1. The van der Waals surface area contributed by atoms with Gasteiger partial charge in [0.2, 0.25) is 11.8 Å². The molecule has 2 amide bonds. The lowest BCUT2D eigenvalue weighted by molar-refractivity contribution is -0.147. The number of amides is 2. The van der Waals surface area contributed by atoms with E-state index in [0.717, 1.165) is 77.4 Å². The Morgan fingerprint density at radius 1 is 1.00 bits per heavy atom. The van der Waals surface area contributed by atoms with Crippen molar-refractivity contribution in [2.24, 2.45) is 11.3 Å². The van der Waals surface area contributed by atoms with Gasteiger partial charge in [-0.1, -0.05) is 12.8 Å². The van der Waals surface area contributed by atoms with Crippen molar-refractivity contribution in [3.05, 3.63) is 0 Å². The third-order valence-electron chi connectivity index (χ3n) is 6.27. The lowest BCUT2D eigenvalue weighted by atomic mass is 9.80. The SMILES string of the molecule is COCCC1(C(=O)N2CCC[C@@H](C(=O)N3CCCC3)C2)CCCC1. The molecule has 3 fully saturated rings. The third-order valence-corrected chi connectivity index (χ3v) is 6.27. The lowest BCUT2D eigenvalue weighted by Gasteiger charge is -2.39. The summed E-state index contributed by atoms with van der Waals surface area (Å²) in [5.74, 6) is 0.583. The number of likely N-dealkylation sites (tertiary alicyclic amines) is 2. The summed E-state index contributed by atoms with van der Waals surface area (Å²) >= 11 is 0. The summed E-state index contributed by atoms with van der Waals surface area (Å²) in [4.78, 5) is 30.0. The Bertz CT molecular complexity index is 454. The van der Waals surface area contributed by atoms with Gasteiger partial charge in [-0.3, -0.25) is 9.59 Å². The van der Waals surface area contributed by atoms with Crippen molar-refractivity contribution in [1.29, 1.82) is 0 Å². The van der Waals surface area contributed by atoms with Gasteiger partial charge in [0.1, 0.15) is 0 Å². The normalized spacial score (nSPS) is 26.8. The number of methoxy groups -OCH3 is 1. The number of rotatable bonds is 5. The second kappa shape index (κ2) is 7.85. The quantitative estimate of drug-likeness (QED) is 0.775. The number of piperidine rings is 1. The average Bonchev–Trinajstić information content (AvgIpc) is 3.31. The molecule has 0 aromatic carbocycles. The maximum Gasteiger partial charge on any atom is 0.228 e. The average molecular weight is 336 g/mol. The van der Waals surface area contributed by atoms with Gasteiger partial charge in [0.15, 0.2) is 0 Å². The predicted molar refractivity (Wildman–Crippen MR) is 92.5 cm³/mol. The van der Waals surface area contributed by atoms with Gasteiger partial charge in [-0.2, -0.15) is 0 Å². The molecule has 3 rings (SSSR count). The van der Waals surface area contributed by atoms with Gasteiger partial charge in [0.25, 0.3) is 0 Å². The Kier molecular flexibility index (Phi) is 5.80. The van der Waals surface area contributed by atoms with Gasteiger partial charge in [-0.15, -0.1) is 0 Å². The zero-order chi connectivity index (χ0) is 17.0. The lowest BCUT2D eigenvalue weighted by Crippen LogP contribution is -2.50.